The maximum absolute atomic E-state index is 4.41. The molecular formula is C19H20N4. The normalized spacial score (nSPS) is 15.3. The van der Waals surface area contributed by atoms with E-state index in [-0.39, 0.29) is 6.17 Å². The van der Waals surface area contributed by atoms with Crippen LogP contribution in [0.5, 0.6) is 0 Å². The molecule has 116 valence electrons. The van der Waals surface area contributed by atoms with E-state index in [4.69, 9.17) is 0 Å². The number of nitrogens with one attached hydrogen (secondary N) is 1. The van der Waals surface area contributed by atoms with Crippen LogP contribution in [0.3, 0.4) is 0 Å². The van der Waals surface area contributed by atoms with E-state index in [2.05, 4.69) is 80.4 Å². The van der Waals surface area contributed by atoms with Crippen molar-refractivity contribution in [3.8, 4) is 0 Å². The van der Waals surface area contributed by atoms with Gasteiger partial charge in [-0.2, -0.15) is 0 Å². The van der Waals surface area contributed by atoms with Gasteiger partial charge in [0.15, 0.2) is 0 Å². The quantitative estimate of drug-likeness (QED) is 0.800. The van der Waals surface area contributed by atoms with Crippen molar-refractivity contribution in [1.29, 1.82) is 0 Å². The molecule has 0 unspecified atom stereocenters. The van der Waals surface area contributed by atoms with E-state index in [9.17, 15) is 0 Å². The minimum absolute atomic E-state index is 0.140. The molecule has 3 aromatic rings. The predicted molar refractivity (Wildman–Crippen MR) is 93.6 cm³/mol. The average Bonchev–Trinajstić information content (AvgIpc) is 3.22. The van der Waals surface area contributed by atoms with Gasteiger partial charge in [0, 0.05) is 24.5 Å². The highest BCUT2D eigenvalue weighted by atomic mass is 15.4. The van der Waals surface area contributed by atoms with Crippen molar-refractivity contribution >= 4 is 11.4 Å². The van der Waals surface area contributed by atoms with Gasteiger partial charge in [-0.05, 0) is 31.2 Å². The summed E-state index contributed by atoms with van der Waals surface area (Å²) in [6, 6.07) is 21.2. The number of benzene rings is 2. The number of para-hydroxylation sites is 2. The molecule has 4 nitrogen and oxygen atoms in total. The minimum Gasteiger partial charge on any atom is -0.344 e. The average molecular weight is 304 g/mol. The van der Waals surface area contributed by atoms with Crippen molar-refractivity contribution < 1.29 is 0 Å². The molecular weight excluding hydrogens is 284 g/mol. The Morgan fingerprint density at radius 3 is 1.83 bits per heavy atom. The maximum atomic E-state index is 4.41. The van der Waals surface area contributed by atoms with Gasteiger partial charge in [0.05, 0.1) is 11.9 Å². The highest BCUT2D eigenvalue weighted by Gasteiger charge is 2.34. The fourth-order valence-electron chi connectivity index (χ4n) is 3.31. The second-order valence-electron chi connectivity index (χ2n) is 5.86. The molecule has 1 aromatic heterocycles. The highest BCUT2D eigenvalue weighted by Crippen LogP contribution is 2.36. The molecule has 0 bridgehead atoms. The summed E-state index contributed by atoms with van der Waals surface area (Å²) in [4.78, 5) is 12.7. The fraction of sp³-hybridized carbons (Fsp3) is 0.211. The van der Waals surface area contributed by atoms with Gasteiger partial charge in [-0.25, -0.2) is 4.98 Å². The van der Waals surface area contributed by atoms with Gasteiger partial charge in [0.2, 0.25) is 0 Å². The van der Waals surface area contributed by atoms with Crippen LogP contribution in [0.4, 0.5) is 11.4 Å². The summed E-state index contributed by atoms with van der Waals surface area (Å²) < 4.78 is 0. The van der Waals surface area contributed by atoms with Crippen LogP contribution in [0.15, 0.2) is 66.9 Å². The van der Waals surface area contributed by atoms with Crippen LogP contribution < -0.4 is 9.80 Å². The Morgan fingerprint density at radius 1 is 0.870 bits per heavy atom. The Morgan fingerprint density at radius 2 is 1.39 bits per heavy atom. The van der Waals surface area contributed by atoms with Gasteiger partial charge in [-0.15, -0.1) is 0 Å². The number of rotatable bonds is 3. The zero-order valence-corrected chi connectivity index (χ0v) is 13.2. The molecule has 1 N–H and O–H groups in total. The molecule has 0 spiro atoms. The zero-order chi connectivity index (χ0) is 15.6. The molecule has 1 fully saturated rings. The van der Waals surface area contributed by atoms with E-state index >= 15 is 0 Å². The van der Waals surface area contributed by atoms with Crippen molar-refractivity contribution in [1.82, 2.24) is 9.97 Å². The van der Waals surface area contributed by atoms with E-state index < -0.39 is 0 Å². The lowest BCUT2D eigenvalue weighted by Gasteiger charge is -2.32. The molecule has 0 radical (unpaired) electrons. The number of aryl methyl sites for hydroxylation is 1. The van der Waals surface area contributed by atoms with Crippen molar-refractivity contribution in [2.75, 3.05) is 22.9 Å². The number of hydrogen-bond acceptors (Lipinski definition) is 3. The molecule has 0 aliphatic carbocycles. The largest absolute Gasteiger partial charge is 0.344 e. The Hall–Kier alpha value is -2.75. The fourth-order valence-corrected chi connectivity index (χ4v) is 3.31. The first-order chi connectivity index (χ1) is 11.3. The van der Waals surface area contributed by atoms with Crippen LogP contribution in [0.1, 0.15) is 17.7 Å². The summed E-state index contributed by atoms with van der Waals surface area (Å²) >= 11 is 0. The summed E-state index contributed by atoms with van der Waals surface area (Å²) in [5, 5.41) is 0. The lowest BCUT2D eigenvalue weighted by atomic mass is 10.2. The minimum atomic E-state index is 0.140. The third kappa shape index (κ3) is 2.57. The maximum Gasteiger partial charge on any atom is 0.145 e. The summed E-state index contributed by atoms with van der Waals surface area (Å²) in [6.07, 6.45) is 2.10. The Bertz CT molecular complexity index is 719. The van der Waals surface area contributed by atoms with Gasteiger partial charge >= 0.3 is 0 Å². The van der Waals surface area contributed by atoms with Crippen molar-refractivity contribution in [3.63, 3.8) is 0 Å². The van der Waals surface area contributed by atoms with E-state index in [1.54, 1.807) is 0 Å². The number of aromatic nitrogens is 2. The molecule has 2 aromatic carbocycles. The monoisotopic (exact) mass is 304 g/mol. The van der Waals surface area contributed by atoms with E-state index in [0.717, 1.165) is 24.6 Å². The Balaban J connectivity index is 1.76. The number of nitrogens with zero attached hydrogens (tertiary/aromatic N) is 3. The summed E-state index contributed by atoms with van der Waals surface area (Å²) in [6.45, 7) is 3.97. The first kappa shape index (κ1) is 13.9. The molecule has 23 heavy (non-hydrogen) atoms. The first-order valence-electron chi connectivity index (χ1n) is 7.98. The lowest BCUT2D eigenvalue weighted by molar-refractivity contribution is 0.696. The number of imidazole rings is 1. The van der Waals surface area contributed by atoms with Crippen LogP contribution in [0.2, 0.25) is 0 Å². The van der Waals surface area contributed by atoms with Crippen LogP contribution in [0.25, 0.3) is 0 Å². The standard InChI is InChI=1S/C19H20N4/c1-15-20-14-18(21-15)19-22(16-8-4-2-5-9-16)12-13-23(19)17-10-6-3-7-11-17/h2-11,14,19H,12-13H2,1H3,(H,20,21). The van der Waals surface area contributed by atoms with E-state index in [1.807, 2.05) is 13.1 Å². The van der Waals surface area contributed by atoms with Gasteiger partial charge in [-0.3, -0.25) is 0 Å². The third-order valence-corrected chi connectivity index (χ3v) is 4.35. The van der Waals surface area contributed by atoms with Crippen molar-refractivity contribution in [2.24, 2.45) is 0 Å². The summed E-state index contributed by atoms with van der Waals surface area (Å²) in [7, 11) is 0. The molecule has 4 rings (SSSR count). The molecule has 4 heteroatoms. The van der Waals surface area contributed by atoms with E-state index in [0.29, 0.717) is 0 Å². The molecule has 1 aliphatic rings. The molecule has 0 amide bonds. The van der Waals surface area contributed by atoms with Gasteiger partial charge in [0.1, 0.15) is 12.0 Å². The smallest absolute Gasteiger partial charge is 0.145 e. The topological polar surface area (TPSA) is 35.2 Å². The molecule has 1 aliphatic heterocycles. The summed E-state index contributed by atoms with van der Waals surface area (Å²) in [5.41, 5.74) is 3.61. The lowest BCUT2D eigenvalue weighted by Crippen LogP contribution is -2.31. The van der Waals surface area contributed by atoms with Crippen LogP contribution in [-0.4, -0.2) is 23.1 Å². The number of hydrogen-bond donors (Lipinski definition) is 1. The predicted octanol–water partition coefficient (Wildman–Crippen LogP) is 3.74. The molecule has 1 saturated heterocycles. The molecule has 0 atom stereocenters. The number of anilines is 2. The first-order valence-corrected chi connectivity index (χ1v) is 7.98. The van der Waals surface area contributed by atoms with Crippen molar-refractivity contribution in [2.45, 2.75) is 13.1 Å². The highest BCUT2D eigenvalue weighted by molar-refractivity contribution is 5.58. The van der Waals surface area contributed by atoms with Crippen LogP contribution >= 0.6 is 0 Å². The zero-order valence-electron chi connectivity index (χ0n) is 13.2. The Kier molecular flexibility index (Phi) is 3.50. The second kappa shape index (κ2) is 5.80. The van der Waals surface area contributed by atoms with Crippen LogP contribution in [-0.2, 0) is 0 Å². The number of aromatic amines is 1. The molecule has 2 heterocycles. The molecule has 0 saturated carbocycles. The van der Waals surface area contributed by atoms with Crippen molar-refractivity contribution in [3.05, 3.63) is 78.4 Å². The Labute approximate surface area is 136 Å². The van der Waals surface area contributed by atoms with Gasteiger partial charge < -0.3 is 14.8 Å². The van der Waals surface area contributed by atoms with Crippen LogP contribution in [0, 0.1) is 6.92 Å². The second-order valence-corrected chi connectivity index (χ2v) is 5.86. The number of H-pyrrole nitrogens is 1. The SMILES string of the molecule is Cc1ncc(C2N(c3ccccc3)CCN2c2ccccc2)[nH]1. The third-order valence-electron chi connectivity index (χ3n) is 4.35. The van der Waals surface area contributed by atoms with Gasteiger partial charge in [-0.1, -0.05) is 36.4 Å². The summed E-state index contributed by atoms with van der Waals surface area (Å²) in [5.74, 6) is 0.952. The van der Waals surface area contributed by atoms with Gasteiger partial charge in [0.25, 0.3) is 0 Å². The van der Waals surface area contributed by atoms with E-state index in [1.165, 1.54) is 11.4 Å².